The fourth-order valence-electron chi connectivity index (χ4n) is 4.12. The molecule has 0 aromatic carbocycles. The molecule has 0 saturated carbocycles. The van der Waals surface area contributed by atoms with Crippen molar-refractivity contribution in [3.63, 3.8) is 0 Å². The molecule has 0 bridgehead atoms. The molecular weight excluding hydrogens is 478 g/mol. The van der Waals surface area contributed by atoms with Crippen LogP contribution in [0, 0.1) is 6.92 Å². The number of amides is 2. The van der Waals surface area contributed by atoms with E-state index >= 15 is 0 Å². The smallest absolute Gasteiger partial charge is 0.258 e. The van der Waals surface area contributed by atoms with Crippen molar-refractivity contribution in [2.75, 3.05) is 26.7 Å². The van der Waals surface area contributed by atoms with E-state index in [1.165, 1.54) is 23.3 Å². The number of hydrogen-bond donors (Lipinski definition) is 1. The molecular formula is C24H26ClN3O3S2. The maximum atomic E-state index is 13.0. The van der Waals surface area contributed by atoms with Crippen molar-refractivity contribution < 1.29 is 14.3 Å². The van der Waals surface area contributed by atoms with Crippen molar-refractivity contribution in [3.8, 4) is 5.75 Å². The highest BCUT2D eigenvalue weighted by atomic mass is 35.5. The van der Waals surface area contributed by atoms with Crippen molar-refractivity contribution in [2.45, 2.75) is 32.1 Å². The highest BCUT2D eigenvalue weighted by Gasteiger charge is 2.30. The summed E-state index contributed by atoms with van der Waals surface area (Å²) in [7, 11) is 1.52. The van der Waals surface area contributed by atoms with Gasteiger partial charge in [-0.25, -0.2) is 0 Å². The fourth-order valence-corrected chi connectivity index (χ4v) is 5.87. The predicted molar refractivity (Wildman–Crippen MR) is 133 cm³/mol. The lowest BCUT2D eigenvalue weighted by Gasteiger charge is -2.32. The van der Waals surface area contributed by atoms with E-state index in [-0.39, 0.29) is 17.7 Å². The van der Waals surface area contributed by atoms with Crippen LogP contribution in [0.3, 0.4) is 0 Å². The Morgan fingerprint density at radius 2 is 2.00 bits per heavy atom. The van der Waals surface area contributed by atoms with Crippen LogP contribution in [0.5, 0.6) is 5.75 Å². The number of nitrogens with zero attached hydrogens (tertiary/aromatic N) is 2. The summed E-state index contributed by atoms with van der Waals surface area (Å²) in [5.41, 5.74) is 2.84. The van der Waals surface area contributed by atoms with Gasteiger partial charge in [0.25, 0.3) is 11.8 Å². The van der Waals surface area contributed by atoms with Gasteiger partial charge in [-0.3, -0.25) is 14.6 Å². The van der Waals surface area contributed by atoms with Crippen LogP contribution in [-0.2, 0) is 6.42 Å². The van der Waals surface area contributed by atoms with E-state index in [2.05, 4.69) is 11.4 Å². The zero-order valence-corrected chi connectivity index (χ0v) is 21.0. The summed E-state index contributed by atoms with van der Waals surface area (Å²) >= 11 is 9.12. The van der Waals surface area contributed by atoms with Gasteiger partial charge in [0.05, 0.1) is 23.9 Å². The van der Waals surface area contributed by atoms with Crippen LogP contribution in [0.2, 0.25) is 4.34 Å². The molecule has 0 unspecified atom stereocenters. The minimum atomic E-state index is -0.0924. The second-order valence-electron chi connectivity index (χ2n) is 7.99. The Hall–Kier alpha value is -2.42. The van der Waals surface area contributed by atoms with Crippen molar-refractivity contribution >= 4 is 46.1 Å². The van der Waals surface area contributed by atoms with E-state index in [1.54, 1.807) is 16.7 Å². The predicted octanol–water partition coefficient (Wildman–Crippen LogP) is 5.17. The Morgan fingerprint density at radius 3 is 2.70 bits per heavy atom. The SMILES string of the molecule is COc1c(C(=O)N2CCC(c3nc(C)ccc3C(=O)NCCc3cccs3)CC2)csc1Cl. The molecule has 2 amide bonds. The molecule has 0 radical (unpaired) electrons. The Kier molecular flexibility index (Phi) is 7.67. The number of aromatic nitrogens is 1. The lowest BCUT2D eigenvalue weighted by atomic mass is 9.89. The van der Waals surface area contributed by atoms with Crippen LogP contribution in [0.15, 0.2) is 35.0 Å². The van der Waals surface area contributed by atoms with Gasteiger partial charge in [0.2, 0.25) is 0 Å². The van der Waals surface area contributed by atoms with Gasteiger partial charge < -0.3 is 15.0 Å². The number of nitrogens with one attached hydrogen (secondary N) is 1. The van der Waals surface area contributed by atoms with Crippen molar-refractivity contribution in [2.24, 2.45) is 0 Å². The number of hydrogen-bond acceptors (Lipinski definition) is 6. The normalized spacial score (nSPS) is 14.3. The third kappa shape index (κ3) is 5.39. The average molecular weight is 504 g/mol. The van der Waals surface area contributed by atoms with E-state index in [9.17, 15) is 9.59 Å². The van der Waals surface area contributed by atoms with Crippen molar-refractivity contribution in [3.05, 3.63) is 66.8 Å². The molecule has 1 fully saturated rings. The third-order valence-electron chi connectivity index (χ3n) is 5.85. The average Bonchev–Trinajstić information content (AvgIpc) is 3.48. The number of halogens is 1. The summed E-state index contributed by atoms with van der Waals surface area (Å²) in [5, 5.41) is 6.82. The molecule has 4 rings (SSSR count). The van der Waals surface area contributed by atoms with E-state index in [0.717, 1.165) is 30.7 Å². The highest BCUT2D eigenvalue weighted by Crippen LogP contribution is 2.37. The number of pyridine rings is 1. The number of carbonyl (C=O) groups excluding carboxylic acids is 2. The quantitative estimate of drug-likeness (QED) is 0.483. The summed E-state index contributed by atoms with van der Waals surface area (Å²) < 4.78 is 5.79. The molecule has 1 N–H and O–H groups in total. The molecule has 174 valence electrons. The van der Waals surface area contributed by atoms with Crippen LogP contribution < -0.4 is 10.1 Å². The topological polar surface area (TPSA) is 71.5 Å². The van der Waals surface area contributed by atoms with Gasteiger partial charge in [0.15, 0.2) is 5.75 Å². The molecule has 33 heavy (non-hydrogen) atoms. The summed E-state index contributed by atoms with van der Waals surface area (Å²) in [6.45, 7) is 3.71. The summed E-state index contributed by atoms with van der Waals surface area (Å²) in [5.74, 6) is 0.401. The first-order valence-corrected chi connectivity index (χ1v) is 13.0. The van der Waals surface area contributed by atoms with Gasteiger partial charge in [0.1, 0.15) is 4.34 Å². The number of likely N-dealkylation sites (tertiary alicyclic amines) is 1. The number of ether oxygens (including phenoxy) is 1. The molecule has 9 heteroatoms. The van der Waals surface area contributed by atoms with Crippen molar-refractivity contribution in [1.29, 1.82) is 0 Å². The van der Waals surface area contributed by atoms with E-state index < -0.39 is 0 Å². The number of carbonyl (C=O) groups is 2. The van der Waals surface area contributed by atoms with Crippen LogP contribution in [0.1, 0.15) is 55.7 Å². The van der Waals surface area contributed by atoms with Gasteiger partial charge in [0, 0.05) is 41.5 Å². The summed E-state index contributed by atoms with van der Waals surface area (Å²) in [6.07, 6.45) is 2.31. The standard InChI is InChI=1S/C24H26ClN3O3S2/c1-15-5-6-18(23(29)26-10-7-17-4-3-13-32-17)20(27-15)16-8-11-28(12-9-16)24(30)19-14-33-22(25)21(19)31-2/h3-6,13-14,16H,7-12H2,1-2H3,(H,26,29). The Balaban J connectivity index is 1.41. The minimum absolute atomic E-state index is 0.0720. The van der Waals surface area contributed by atoms with Gasteiger partial charge in [-0.1, -0.05) is 17.7 Å². The maximum absolute atomic E-state index is 13.0. The largest absolute Gasteiger partial charge is 0.493 e. The molecule has 3 aromatic heterocycles. The molecule has 1 aliphatic heterocycles. The lowest BCUT2D eigenvalue weighted by Crippen LogP contribution is -2.38. The number of aryl methyl sites for hydroxylation is 1. The van der Waals surface area contributed by atoms with Crippen LogP contribution in [-0.4, -0.2) is 48.4 Å². The Bertz CT molecular complexity index is 1120. The first-order chi connectivity index (χ1) is 16.0. The van der Waals surface area contributed by atoms with Gasteiger partial charge in [-0.05, 0) is 49.8 Å². The number of rotatable bonds is 7. The third-order valence-corrected chi connectivity index (χ3v) is 7.97. The van der Waals surface area contributed by atoms with Crippen LogP contribution in [0.4, 0.5) is 0 Å². The summed E-state index contributed by atoms with van der Waals surface area (Å²) in [6, 6.07) is 7.84. The Morgan fingerprint density at radius 1 is 1.21 bits per heavy atom. The zero-order valence-electron chi connectivity index (χ0n) is 18.6. The monoisotopic (exact) mass is 503 g/mol. The van der Waals surface area contributed by atoms with Gasteiger partial charge in [-0.15, -0.1) is 22.7 Å². The minimum Gasteiger partial charge on any atom is -0.493 e. The van der Waals surface area contributed by atoms with E-state index in [0.29, 0.717) is 40.8 Å². The lowest BCUT2D eigenvalue weighted by molar-refractivity contribution is 0.0708. The first-order valence-electron chi connectivity index (χ1n) is 10.9. The molecule has 6 nitrogen and oxygen atoms in total. The number of thiophene rings is 2. The van der Waals surface area contributed by atoms with E-state index in [4.69, 9.17) is 21.3 Å². The zero-order chi connectivity index (χ0) is 23.4. The molecule has 1 saturated heterocycles. The number of methoxy groups -OCH3 is 1. The Labute approximate surface area is 206 Å². The van der Waals surface area contributed by atoms with Crippen LogP contribution in [0.25, 0.3) is 0 Å². The molecule has 1 aliphatic rings. The maximum Gasteiger partial charge on any atom is 0.258 e. The number of piperidine rings is 1. The molecule has 0 spiro atoms. The van der Waals surface area contributed by atoms with Gasteiger partial charge >= 0.3 is 0 Å². The highest BCUT2D eigenvalue weighted by molar-refractivity contribution is 7.15. The summed E-state index contributed by atoms with van der Waals surface area (Å²) in [4.78, 5) is 33.7. The van der Waals surface area contributed by atoms with Crippen molar-refractivity contribution in [1.82, 2.24) is 15.2 Å². The van der Waals surface area contributed by atoms with E-state index in [1.807, 2.05) is 35.4 Å². The molecule has 0 atom stereocenters. The van der Waals surface area contributed by atoms with Crippen LogP contribution >= 0.6 is 34.3 Å². The fraction of sp³-hybridized carbons (Fsp3) is 0.375. The molecule has 3 aromatic rings. The first kappa shape index (κ1) is 23.7. The van der Waals surface area contributed by atoms with Gasteiger partial charge in [-0.2, -0.15) is 0 Å². The second kappa shape index (κ2) is 10.7. The molecule has 4 heterocycles. The second-order valence-corrected chi connectivity index (χ2v) is 10.5. The molecule has 0 aliphatic carbocycles.